The van der Waals surface area contributed by atoms with Crippen molar-refractivity contribution in [2.45, 2.75) is 0 Å². The molecule has 0 radical (unpaired) electrons. The molecule has 0 fully saturated rings. The van der Waals surface area contributed by atoms with Gasteiger partial charge in [0.2, 0.25) is 0 Å². The lowest BCUT2D eigenvalue weighted by atomic mass is 10.1. The summed E-state index contributed by atoms with van der Waals surface area (Å²) in [6, 6.07) is 14.1. The van der Waals surface area contributed by atoms with Gasteiger partial charge in [-0.3, -0.25) is 4.79 Å². The minimum Gasteiger partial charge on any atom is -0.289 e. The molecule has 2 aromatic rings. The van der Waals surface area contributed by atoms with Gasteiger partial charge in [0.1, 0.15) is 0 Å². The second kappa shape index (κ2) is 5.85. The molecule has 0 atom stereocenters. The van der Waals surface area contributed by atoms with E-state index >= 15 is 0 Å². The Morgan fingerprint density at radius 3 is 2.33 bits per heavy atom. The molecule has 0 amide bonds. The first kappa shape index (κ1) is 12.9. The molecule has 0 unspecified atom stereocenters. The van der Waals surface area contributed by atoms with Crippen LogP contribution in [0.1, 0.15) is 15.9 Å². The largest absolute Gasteiger partial charge is 0.289 e. The molecule has 90 valence electrons. The lowest BCUT2D eigenvalue weighted by molar-refractivity contribution is 0.104. The maximum absolute atomic E-state index is 11.9. The van der Waals surface area contributed by atoms with Crippen LogP contribution in [0.25, 0.3) is 6.08 Å². The molecule has 1 nitrogen and oxygen atoms in total. The molecule has 2 aromatic carbocycles. The molecule has 0 aliphatic rings. The van der Waals surface area contributed by atoms with Crippen LogP contribution in [0.4, 0.5) is 0 Å². The predicted octanol–water partition coefficient (Wildman–Crippen LogP) is 4.89. The smallest absolute Gasteiger partial charge is 0.185 e. The SMILES string of the molecule is O=C(/C=C/c1cccc(Cl)c1)c1ccc(Cl)cc1. The lowest BCUT2D eigenvalue weighted by Gasteiger charge is -1.96. The predicted molar refractivity (Wildman–Crippen MR) is 76.3 cm³/mol. The zero-order valence-corrected chi connectivity index (χ0v) is 10.9. The van der Waals surface area contributed by atoms with Crippen LogP contribution in [0, 0.1) is 0 Å². The van der Waals surface area contributed by atoms with E-state index in [1.807, 2.05) is 12.1 Å². The molecule has 0 saturated carbocycles. The van der Waals surface area contributed by atoms with Gasteiger partial charge in [-0.15, -0.1) is 0 Å². The van der Waals surface area contributed by atoms with Crippen molar-refractivity contribution in [2.24, 2.45) is 0 Å². The molecule has 0 spiro atoms. The fraction of sp³-hybridized carbons (Fsp3) is 0. The number of carbonyl (C=O) groups is 1. The van der Waals surface area contributed by atoms with E-state index in [1.54, 1.807) is 42.5 Å². The van der Waals surface area contributed by atoms with Crippen LogP contribution < -0.4 is 0 Å². The van der Waals surface area contributed by atoms with Crippen LogP contribution >= 0.6 is 23.2 Å². The van der Waals surface area contributed by atoms with Crippen LogP contribution in [0.5, 0.6) is 0 Å². The third-order valence-electron chi connectivity index (χ3n) is 2.40. The molecular weight excluding hydrogens is 267 g/mol. The van der Waals surface area contributed by atoms with Crippen molar-refractivity contribution in [1.29, 1.82) is 0 Å². The van der Waals surface area contributed by atoms with Gasteiger partial charge in [-0.1, -0.05) is 41.4 Å². The zero-order valence-electron chi connectivity index (χ0n) is 9.44. The van der Waals surface area contributed by atoms with Gasteiger partial charge in [0.05, 0.1) is 0 Å². The molecule has 0 heterocycles. The Bertz CT molecular complexity index is 586. The molecule has 0 aliphatic carbocycles. The van der Waals surface area contributed by atoms with Gasteiger partial charge < -0.3 is 0 Å². The van der Waals surface area contributed by atoms with E-state index in [0.29, 0.717) is 15.6 Å². The van der Waals surface area contributed by atoms with E-state index in [4.69, 9.17) is 23.2 Å². The highest BCUT2D eigenvalue weighted by atomic mass is 35.5. The fourth-order valence-electron chi connectivity index (χ4n) is 1.49. The van der Waals surface area contributed by atoms with E-state index in [2.05, 4.69) is 0 Å². The molecule has 2 rings (SSSR count). The van der Waals surface area contributed by atoms with Gasteiger partial charge in [-0.2, -0.15) is 0 Å². The number of hydrogen-bond donors (Lipinski definition) is 0. The van der Waals surface area contributed by atoms with Crippen LogP contribution in [-0.4, -0.2) is 5.78 Å². The van der Waals surface area contributed by atoms with Crippen LogP contribution in [-0.2, 0) is 0 Å². The summed E-state index contributed by atoms with van der Waals surface area (Å²) in [5.41, 5.74) is 1.50. The van der Waals surface area contributed by atoms with Crippen molar-refractivity contribution in [1.82, 2.24) is 0 Å². The Morgan fingerprint density at radius 1 is 0.944 bits per heavy atom. The second-order valence-electron chi connectivity index (χ2n) is 3.76. The molecular formula is C15H10Cl2O. The second-order valence-corrected chi connectivity index (χ2v) is 4.63. The molecule has 3 heteroatoms. The number of carbonyl (C=O) groups excluding carboxylic acids is 1. The van der Waals surface area contributed by atoms with Gasteiger partial charge in [-0.05, 0) is 48.0 Å². The highest BCUT2D eigenvalue weighted by Crippen LogP contribution is 2.13. The minimum atomic E-state index is -0.0633. The van der Waals surface area contributed by atoms with Crippen molar-refractivity contribution in [3.05, 3.63) is 75.8 Å². The van der Waals surface area contributed by atoms with Gasteiger partial charge >= 0.3 is 0 Å². The average molecular weight is 277 g/mol. The maximum atomic E-state index is 11.9. The van der Waals surface area contributed by atoms with E-state index in [0.717, 1.165) is 5.56 Å². The summed E-state index contributed by atoms with van der Waals surface area (Å²) in [6.45, 7) is 0. The summed E-state index contributed by atoms with van der Waals surface area (Å²) in [5.74, 6) is -0.0633. The average Bonchev–Trinajstić information content (AvgIpc) is 2.37. The van der Waals surface area contributed by atoms with Crippen LogP contribution in [0.15, 0.2) is 54.6 Å². The first-order valence-corrected chi connectivity index (χ1v) is 6.14. The number of halogens is 2. The van der Waals surface area contributed by atoms with Crippen LogP contribution in [0.2, 0.25) is 10.0 Å². The first-order chi connectivity index (χ1) is 8.65. The Labute approximate surface area is 116 Å². The molecule has 0 saturated heterocycles. The molecule has 0 aliphatic heterocycles. The van der Waals surface area contributed by atoms with Gasteiger partial charge in [-0.25, -0.2) is 0 Å². The minimum absolute atomic E-state index is 0.0633. The normalized spacial score (nSPS) is 10.8. The monoisotopic (exact) mass is 276 g/mol. The number of ketones is 1. The summed E-state index contributed by atoms with van der Waals surface area (Å²) in [5, 5.41) is 1.27. The Balaban J connectivity index is 2.14. The van der Waals surface area contributed by atoms with Gasteiger partial charge in [0, 0.05) is 15.6 Å². The molecule has 0 bridgehead atoms. The standard InChI is InChI=1S/C15H10Cl2O/c16-13-7-5-12(6-8-13)15(18)9-4-11-2-1-3-14(17)10-11/h1-10H/b9-4+. The van der Waals surface area contributed by atoms with Gasteiger partial charge in [0.25, 0.3) is 0 Å². The summed E-state index contributed by atoms with van der Waals surface area (Å²) in [7, 11) is 0. The van der Waals surface area contributed by atoms with E-state index < -0.39 is 0 Å². The third-order valence-corrected chi connectivity index (χ3v) is 2.89. The summed E-state index contributed by atoms with van der Waals surface area (Å²) < 4.78 is 0. The highest BCUT2D eigenvalue weighted by molar-refractivity contribution is 6.31. The van der Waals surface area contributed by atoms with Crippen molar-refractivity contribution < 1.29 is 4.79 Å². The van der Waals surface area contributed by atoms with Gasteiger partial charge in [0.15, 0.2) is 5.78 Å². The molecule has 0 N–H and O–H groups in total. The molecule has 18 heavy (non-hydrogen) atoms. The molecule has 0 aromatic heterocycles. The van der Waals surface area contributed by atoms with Crippen molar-refractivity contribution in [3.63, 3.8) is 0 Å². The summed E-state index contributed by atoms with van der Waals surface area (Å²) in [4.78, 5) is 11.9. The topological polar surface area (TPSA) is 17.1 Å². The summed E-state index contributed by atoms with van der Waals surface area (Å²) in [6.07, 6.45) is 3.26. The maximum Gasteiger partial charge on any atom is 0.185 e. The Kier molecular flexibility index (Phi) is 4.19. The van der Waals surface area contributed by atoms with E-state index in [9.17, 15) is 4.79 Å². The highest BCUT2D eigenvalue weighted by Gasteiger charge is 2.00. The first-order valence-electron chi connectivity index (χ1n) is 5.39. The van der Waals surface area contributed by atoms with E-state index in [1.165, 1.54) is 6.08 Å². The summed E-state index contributed by atoms with van der Waals surface area (Å²) >= 11 is 11.6. The van der Waals surface area contributed by atoms with Crippen LogP contribution in [0.3, 0.4) is 0 Å². The lowest BCUT2D eigenvalue weighted by Crippen LogP contribution is -1.92. The number of rotatable bonds is 3. The third kappa shape index (κ3) is 3.46. The quantitative estimate of drug-likeness (QED) is 0.576. The number of benzene rings is 2. The Morgan fingerprint density at radius 2 is 1.67 bits per heavy atom. The van der Waals surface area contributed by atoms with Crippen molar-refractivity contribution in [2.75, 3.05) is 0 Å². The van der Waals surface area contributed by atoms with E-state index in [-0.39, 0.29) is 5.78 Å². The fourth-order valence-corrected chi connectivity index (χ4v) is 1.82. The number of hydrogen-bond acceptors (Lipinski definition) is 1. The van der Waals surface area contributed by atoms with Crippen molar-refractivity contribution in [3.8, 4) is 0 Å². The van der Waals surface area contributed by atoms with Crippen molar-refractivity contribution >= 4 is 35.1 Å². The Hall–Kier alpha value is -1.57. The zero-order chi connectivity index (χ0) is 13.0. The number of allylic oxidation sites excluding steroid dienone is 1.